The number of nitrogens with two attached hydrogens (primary N) is 2. The van der Waals surface area contributed by atoms with Crippen LogP contribution < -0.4 is 11.5 Å². The number of carbonyl (C=O) groups excluding carboxylic acids is 1. The van der Waals surface area contributed by atoms with Gasteiger partial charge in [0.25, 0.3) is 0 Å². The zero-order chi connectivity index (χ0) is 18.5. The first-order valence-electron chi connectivity index (χ1n) is 7.55. The molecule has 0 amide bonds. The van der Waals surface area contributed by atoms with Crippen molar-refractivity contribution < 1.29 is 24.5 Å². The average molecular weight is 344 g/mol. The second kappa shape index (κ2) is 7.43. The Labute approximate surface area is 144 Å². The van der Waals surface area contributed by atoms with Gasteiger partial charge in [-0.1, -0.05) is 60.7 Å². The molecule has 0 radical (unpaired) electrons. The van der Waals surface area contributed by atoms with E-state index in [9.17, 15) is 19.8 Å². The number of benzene rings is 2. The molecule has 0 saturated carbocycles. The molecule has 0 spiro atoms. The van der Waals surface area contributed by atoms with Gasteiger partial charge < -0.3 is 26.4 Å². The molecule has 132 valence electrons. The van der Waals surface area contributed by atoms with Crippen LogP contribution in [0.3, 0.4) is 0 Å². The number of aliphatic hydroxyl groups excluding tert-OH is 1. The topological polar surface area (TPSA) is 136 Å². The number of rotatable bonds is 7. The SMILES string of the molecule is N[C@](CO)(C(=O)OC[C@](N)(C(=O)O)c1ccccc1)c1ccccc1. The van der Waals surface area contributed by atoms with Gasteiger partial charge in [-0.3, -0.25) is 0 Å². The minimum absolute atomic E-state index is 0.279. The average Bonchev–Trinajstić information content (AvgIpc) is 2.66. The van der Waals surface area contributed by atoms with Gasteiger partial charge in [-0.05, 0) is 11.1 Å². The number of carboxylic acids is 1. The normalized spacial score (nSPS) is 15.6. The first-order valence-corrected chi connectivity index (χ1v) is 7.55. The lowest BCUT2D eigenvalue weighted by Gasteiger charge is -2.29. The van der Waals surface area contributed by atoms with Crippen molar-refractivity contribution in [2.75, 3.05) is 13.2 Å². The van der Waals surface area contributed by atoms with Crippen molar-refractivity contribution >= 4 is 11.9 Å². The summed E-state index contributed by atoms with van der Waals surface area (Å²) >= 11 is 0. The van der Waals surface area contributed by atoms with Crippen LogP contribution in [0.15, 0.2) is 60.7 Å². The Morgan fingerprint density at radius 3 is 1.72 bits per heavy atom. The summed E-state index contributed by atoms with van der Waals surface area (Å²) in [7, 11) is 0. The van der Waals surface area contributed by atoms with Crippen molar-refractivity contribution in [3.63, 3.8) is 0 Å². The lowest BCUT2D eigenvalue weighted by atomic mass is 9.90. The molecule has 2 aromatic carbocycles. The number of hydrogen-bond donors (Lipinski definition) is 4. The second-order valence-corrected chi connectivity index (χ2v) is 5.71. The van der Waals surface area contributed by atoms with Crippen LogP contribution in [-0.2, 0) is 25.4 Å². The highest BCUT2D eigenvalue weighted by atomic mass is 16.5. The first-order chi connectivity index (χ1) is 11.8. The van der Waals surface area contributed by atoms with E-state index in [0.717, 1.165) is 0 Å². The highest BCUT2D eigenvalue weighted by Crippen LogP contribution is 2.23. The molecule has 0 aliphatic heterocycles. The zero-order valence-corrected chi connectivity index (χ0v) is 13.5. The Bertz CT molecular complexity index is 738. The van der Waals surface area contributed by atoms with Crippen LogP contribution in [0, 0.1) is 0 Å². The Balaban J connectivity index is 2.23. The lowest BCUT2D eigenvalue weighted by Crippen LogP contribution is -2.53. The molecular formula is C18H20N2O5. The molecule has 6 N–H and O–H groups in total. The smallest absolute Gasteiger partial charge is 0.333 e. The Kier molecular flexibility index (Phi) is 5.53. The standard InChI is InChI=1S/C18H20N2O5/c19-17(11-21,13-7-3-1-4-8-13)16(24)25-12-18(20,15(22)23)14-9-5-2-6-10-14/h1-10,21H,11-12,19-20H2,(H,22,23)/t17-,18+/m0/s1. The van der Waals surface area contributed by atoms with Crippen LogP contribution in [0.1, 0.15) is 11.1 Å². The van der Waals surface area contributed by atoms with Gasteiger partial charge in [0.05, 0.1) is 6.61 Å². The quantitative estimate of drug-likeness (QED) is 0.531. The maximum Gasteiger partial charge on any atom is 0.333 e. The maximum atomic E-state index is 12.4. The molecule has 2 rings (SSSR count). The molecule has 0 unspecified atom stereocenters. The van der Waals surface area contributed by atoms with Crippen LogP contribution >= 0.6 is 0 Å². The summed E-state index contributed by atoms with van der Waals surface area (Å²) in [5.41, 5.74) is 8.84. The Hall–Kier alpha value is -2.74. The monoisotopic (exact) mass is 344 g/mol. The van der Waals surface area contributed by atoms with Gasteiger partial charge in [0, 0.05) is 0 Å². The van der Waals surface area contributed by atoms with Gasteiger partial charge in [0.1, 0.15) is 6.61 Å². The molecule has 7 heteroatoms. The molecule has 0 aliphatic carbocycles. The summed E-state index contributed by atoms with van der Waals surface area (Å²) in [6.45, 7) is -1.33. The van der Waals surface area contributed by atoms with Crippen LogP contribution in [0.4, 0.5) is 0 Å². The van der Waals surface area contributed by atoms with Crippen LogP contribution in [0.25, 0.3) is 0 Å². The fourth-order valence-electron chi connectivity index (χ4n) is 2.32. The Morgan fingerprint density at radius 1 is 0.880 bits per heavy atom. The first kappa shape index (κ1) is 18.6. The zero-order valence-electron chi connectivity index (χ0n) is 13.5. The van der Waals surface area contributed by atoms with Crippen molar-refractivity contribution in [3.8, 4) is 0 Å². The van der Waals surface area contributed by atoms with Gasteiger partial charge in [-0.25, -0.2) is 9.59 Å². The largest absolute Gasteiger partial charge is 0.480 e. The molecular weight excluding hydrogens is 324 g/mol. The van der Waals surface area contributed by atoms with E-state index in [0.29, 0.717) is 5.56 Å². The number of ether oxygens (including phenoxy) is 1. The van der Waals surface area contributed by atoms with E-state index in [1.54, 1.807) is 48.5 Å². The highest BCUT2D eigenvalue weighted by Gasteiger charge is 2.42. The number of esters is 1. The number of carbonyl (C=O) groups is 2. The molecule has 2 atom stereocenters. The van der Waals surface area contributed by atoms with Gasteiger partial charge >= 0.3 is 11.9 Å². The van der Waals surface area contributed by atoms with Gasteiger partial charge in [0.15, 0.2) is 11.1 Å². The molecule has 0 aromatic heterocycles. The van der Waals surface area contributed by atoms with Crippen molar-refractivity contribution in [1.29, 1.82) is 0 Å². The summed E-state index contributed by atoms with van der Waals surface area (Å²) in [6, 6.07) is 16.2. The summed E-state index contributed by atoms with van der Waals surface area (Å²) in [4.78, 5) is 24.1. The summed E-state index contributed by atoms with van der Waals surface area (Å²) < 4.78 is 5.10. The van der Waals surface area contributed by atoms with E-state index in [1.165, 1.54) is 12.1 Å². The fraction of sp³-hybridized carbons (Fsp3) is 0.222. The fourth-order valence-corrected chi connectivity index (χ4v) is 2.32. The molecule has 7 nitrogen and oxygen atoms in total. The third-order valence-corrected chi connectivity index (χ3v) is 4.00. The summed E-state index contributed by atoms with van der Waals surface area (Å²) in [6.07, 6.45) is 0. The highest BCUT2D eigenvalue weighted by molar-refractivity contribution is 5.84. The van der Waals surface area contributed by atoms with E-state index in [1.807, 2.05) is 0 Å². The van der Waals surface area contributed by atoms with Crippen molar-refractivity contribution in [2.45, 2.75) is 11.1 Å². The van der Waals surface area contributed by atoms with Crippen LogP contribution in [-0.4, -0.2) is 35.4 Å². The number of aliphatic hydroxyl groups is 1. The number of hydrogen-bond acceptors (Lipinski definition) is 6. The van der Waals surface area contributed by atoms with E-state index in [-0.39, 0.29) is 5.56 Å². The van der Waals surface area contributed by atoms with E-state index < -0.39 is 36.2 Å². The van der Waals surface area contributed by atoms with E-state index in [2.05, 4.69) is 0 Å². The maximum absolute atomic E-state index is 12.4. The summed E-state index contributed by atoms with van der Waals surface area (Å²) in [5.74, 6) is -2.31. The molecule has 0 aliphatic rings. The van der Waals surface area contributed by atoms with E-state index in [4.69, 9.17) is 16.2 Å². The van der Waals surface area contributed by atoms with Gasteiger partial charge in [-0.2, -0.15) is 0 Å². The van der Waals surface area contributed by atoms with Crippen molar-refractivity contribution in [2.24, 2.45) is 11.5 Å². The molecule has 0 bridgehead atoms. The van der Waals surface area contributed by atoms with Crippen LogP contribution in [0.2, 0.25) is 0 Å². The molecule has 0 heterocycles. The van der Waals surface area contributed by atoms with E-state index >= 15 is 0 Å². The number of aliphatic carboxylic acids is 1. The molecule has 0 saturated heterocycles. The second-order valence-electron chi connectivity index (χ2n) is 5.71. The number of carboxylic acid groups (broad SMARTS) is 1. The minimum Gasteiger partial charge on any atom is -0.480 e. The molecule has 2 aromatic rings. The minimum atomic E-state index is -1.93. The third-order valence-electron chi connectivity index (χ3n) is 4.00. The van der Waals surface area contributed by atoms with Crippen molar-refractivity contribution in [1.82, 2.24) is 0 Å². The molecule has 25 heavy (non-hydrogen) atoms. The van der Waals surface area contributed by atoms with Gasteiger partial charge in [0.2, 0.25) is 0 Å². The predicted octanol–water partition coefficient (Wildman–Crippen LogP) is 0.315. The van der Waals surface area contributed by atoms with Gasteiger partial charge in [-0.15, -0.1) is 0 Å². The summed E-state index contributed by atoms with van der Waals surface area (Å²) in [5, 5.41) is 19.1. The predicted molar refractivity (Wildman–Crippen MR) is 90.3 cm³/mol. The molecule has 0 fully saturated rings. The third kappa shape index (κ3) is 3.69. The van der Waals surface area contributed by atoms with Crippen LogP contribution in [0.5, 0.6) is 0 Å². The lowest BCUT2D eigenvalue weighted by molar-refractivity contribution is -0.158. The van der Waals surface area contributed by atoms with Crippen molar-refractivity contribution in [3.05, 3.63) is 71.8 Å². The Morgan fingerprint density at radius 2 is 1.32 bits per heavy atom.